The van der Waals surface area contributed by atoms with Gasteiger partial charge >= 0.3 is 5.97 Å². The van der Waals surface area contributed by atoms with Crippen LogP contribution in [0.4, 0.5) is 0 Å². The quantitative estimate of drug-likeness (QED) is 0.0206. The molecule has 0 bridgehead atoms. The summed E-state index contributed by atoms with van der Waals surface area (Å²) < 4.78 is 0. The molecule has 18 N–H and O–H groups in total. The number of carbonyl (C=O) groups is 9. The van der Waals surface area contributed by atoms with Gasteiger partial charge in [0.1, 0.15) is 42.0 Å². The number of rotatable bonds is 30. The van der Waals surface area contributed by atoms with Crippen LogP contribution < -0.4 is 60.2 Å². The Kier molecular flexibility index (Phi) is 24.6. The van der Waals surface area contributed by atoms with Crippen molar-refractivity contribution in [3.63, 3.8) is 0 Å². The SMILES string of the molecule is CC(C)CC(NC(=O)CNC(=O)C(Cc1ccccc1)NC(=O)C(CO)NC(=O)C(Cc1ccc(O)cc1)NC(=O)C(CC(C)C)NC(=O)C(CCCN=C(N)N)NC(=O)C(N)CC(=O)O)C(N)=O. The maximum Gasteiger partial charge on any atom is 0.305 e. The highest BCUT2D eigenvalue weighted by Crippen LogP contribution is 2.14. The predicted molar refractivity (Wildman–Crippen MR) is 252 cm³/mol. The zero-order valence-corrected chi connectivity index (χ0v) is 39.2. The van der Waals surface area contributed by atoms with Gasteiger partial charge in [-0.15, -0.1) is 0 Å². The minimum atomic E-state index is -1.71. The summed E-state index contributed by atoms with van der Waals surface area (Å²) >= 11 is 0. The number of phenolic OH excluding ortho intramolecular Hbond substituents is 1. The van der Waals surface area contributed by atoms with Crippen LogP contribution in [0, 0.1) is 11.8 Å². The standard InChI is InChI=1S/C45H68N12O12/c1-24(2)17-31(38(47)63)52-36(60)22-51-40(65)33(19-26-9-6-5-7-10-26)55-44(69)35(23-58)57-43(68)34(20-27-12-14-28(59)15-13-27)56-42(67)32(18-25(3)4)54-41(66)30(11-8-16-50-45(48)49)53-39(64)29(46)21-37(61)62/h5-7,9-10,12-15,24-25,29-35,58-59H,8,11,16-23,46H2,1-4H3,(H2,47,63)(H,51,65)(H,52,60)(H,53,64)(H,54,66)(H,55,69)(H,56,67)(H,57,68)(H,61,62)(H4,48,49,50). The van der Waals surface area contributed by atoms with E-state index in [2.05, 4.69) is 42.2 Å². The minimum Gasteiger partial charge on any atom is -0.508 e. The molecule has 0 radical (unpaired) electrons. The summed E-state index contributed by atoms with van der Waals surface area (Å²) in [6, 6.07) is 4.36. The molecular formula is C45H68N12O12. The molecule has 0 aromatic heterocycles. The Balaban J connectivity index is 2.39. The van der Waals surface area contributed by atoms with Gasteiger partial charge in [-0.1, -0.05) is 70.2 Å². The molecule has 0 spiro atoms. The van der Waals surface area contributed by atoms with E-state index in [9.17, 15) is 53.4 Å². The lowest BCUT2D eigenvalue weighted by Gasteiger charge is -2.28. The summed E-state index contributed by atoms with van der Waals surface area (Å²) in [5.41, 5.74) is 23.0. The lowest BCUT2D eigenvalue weighted by molar-refractivity contribution is -0.140. The van der Waals surface area contributed by atoms with E-state index in [1.165, 1.54) is 24.3 Å². The number of aliphatic carboxylic acids is 1. The molecule has 2 aromatic carbocycles. The number of carboxylic acid groups (broad SMARTS) is 1. The predicted octanol–water partition coefficient (Wildman–Crippen LogP) is -3.37. The Morgan fingerprint density at radius 1 is 0.594 bits per heavy atom. The van der Waals surface area contributed by atoms with E-state index in [1.807, 2.05) is 13.8 Å². The Morgan fingerprint density at radius 3 is 1.61 bits per heavy atom. The van der Waals surface area contributed by atoms with Gasteiger partial charge in [0.2, 0.25) is 47.3 Å². The molecule has 0 saturated heterocycles. The number of hydrogen-bond acceptors (Lipinski definition) is 13. The number of nitrogens with one attached hydrogen (secondary N) is 7. The number of aromatic hydroxyl groups is 1. The van der Waals surface area contributed by atoms with E-state index >= 15 is 0 Å². The van der Waals surface area contributed by atoms with E-state index in [0.29, 0.717) is 11.1 Å². The Morgan fingerprint density at radius 2 is 1.07 bits per heavy atom. The van der Waals surface area contributed by atoms with Crippen LogP contribution in [0.1, 0.15) is 70.9 Å². The van der Waals surface area contributed by atoms with Gasteiger partial charge in [-0.25, -0.2) is 0 Å². The number of guanidine groups is 1. The van der Waals surface area contributed by atoms with Gasteiger partial charge in [-0.2, -0.15) is 0 Å². The highest BCUT2D eigenvalue weighted by Gasteiger charge is 2.34. The van der Waals surface area contributed by atoms with Crippen LogP contribution in [0.15, 0.2) is 59.6 Å². The first-order valence-electron chi connectivity index (χ1n) is 22.3. The normalized spacial score (nSPS) is 14.0. The fourth-order valence-corrected chi connectivity index (χ4v) is 6.71. The van der Waals surface area contributed by atoms with Crippen LogP contribution in [0.25, 0.3) is 0 Å². The first-order valence-corrected chi connectivity index (χ1v) is 22.3. The smallest absolute Gasteiger partial charge is 0.305 e. The number of amides is 8. The zero-order valence-electron chi connectivity index (χ0n) is 39.2. The van der Waals surface area contributed by atoms with Gasteiger partial charge in [-0.05, 0) is 60.8 Å². The Hall–Kier alpha value is -7.34. The van der Waals surface area contributed by atoms with Crippen LogP contribution in [0.2, 0.25) is 0 Å². The van der Waals surface area contributed by atoms with E-state index < -0.39 is 115 Å². The van der Waals surface area contributed by atoms with Crippen molar-refractivity contribution in [1.29, 1.82) is 0 Å². The number of hydrogen-bond donors (Lipinski definition) is 14. The molecule has 24 nitrogen and oxygen atoms in total. The highest BCUT2D eigenvalue weighted by atomic mass is 16.4. The third-order valence-electron chi connectivity index (χ3n) is 10.2. The maximum absolute atomic E-state index is 14.1. The summed E-state index contributed by atoms with van der Waals surface area (Å²) in [6.45, 7) is 5.65. The number of phenols is 1. The fourth-order valence-electron chi connectivity index (χ4n) is 6.71. The molecule has 0 saturated carbocycles. The Bertz CT molecular complexity index is 2080. The fraction of sp³-hybridized carbons (Fsp3) is 0.511. The summed E-state index contributed by atoms with van der Waals surface area (Å²) in [5.74, 6) is -8.89. The molecule has 8 amide bonds. The lowest BCUT2D eigenvalue weighted by atomic mass is 10.00. The second kappa shape index (κ2) is 29.4. The largest absolute Gasteiger partial charge is 0.508 e. The molecule has 24 heteroatoms. The number of carbonyl (C=O) groups excluding carboxylic acids is 8. The topological polar surface area (TPSA) is 415 Å². The molecule has 0 heterocycles. The molecular weight excluding hydrogens is 901 g/mol. The number of nitrogens with zero attached hydrogens (tertiary/aromatic N) is 1. The van der Waals surface area contributed by atoms with Crippen LogP contribution in [0.5, 0.6) is 5.75 Å². The van der Waals surface area contributed by atoms with Crippen molar-refractivity contribution in [3.05, 3.63) is 65.7 Å². The minimum absolute atomic E-state index is 0.0101. The third-order valence-corrected chi connectivity index (χ3v) is 10.2. The van der Waals surface area contributed by atoms with Gasteiger partial charge in [0.25, 0.3) is 0 Å². The van der Waals surface area contributed by atoms with Gasteiger partial charge in [0.15, 0.2) is 5.96 Å². The van der Waals surface area contributed by atoms with Gasteiger partial charge in [-0.3, -0.25) is 48.1 Å². The van der Waals surface area contributed by atoms with Crippen LogP contribution >= 0.6 is 0 Å². The number of aliphatic hydroxyl groups is 1. The van der Waals surface area contributed by atoms with Crippen LogP contribution in [-0.4, -0.2) is 136 Å². The molecule has 69 heavy (non-hydrogen) atoms. The highest BCUT2D eigenvalue weighted by molar-refractivity contribution is 5.97. The van der Waals surface area contributed by atoms with Crippen molar-refractivity contribution in [2.45, 2.75) is 115 Å². The Labute approximate surface area is 399 Å². The molecule has 2 rings (SSSR count). The molecule has 0 aliphatic carbocycles. The molecule has 0 aliphatic heterocycles. The first kappa shape index (κ1) is 57.8. The van der Waals surface area contributed by atoms with E-state index in [4.69, 9.17) is 28.0 Å². The summed E-state index contributed by atoms with van der Waals surface area (Å²) in [7, 11) is 0. The molecule has 0 fully saturated rings. The monoisotopic (exact) mass is 969 g/mol. The van der Waals surface area contributed by atoms with Crippen molar-refractivity contribution in [2.75, 3.05) is 19.7 Å². The van der Waals surface area contributed by atoms with Crippen molar-refractivity contribution < 1.29 is 58.5 Å². The van der Waals surface area contributed by atoms with E-state index in [-0.39, 0.29) is 68.6 Å². The van der Waals surface area contributed by atoms with Gasteiger partial charge < -0.3 is 75.5 Å². The molecule has 7 unspecified atom stereocenters. The van der Waals surface area contributed by atoms with Gasteiger partial charge in [0.05, 0.1) is 25.6 Å². The number of aliphatic hydroxyl groups excluding tert-OH is 1. The summed E-state index contributed by atoms with van der Waals surface area (Å²) in [5, 5.41) is 46.9. The summed E-state index contributed by atoms with van der Waals surface area (Å²) in [4.78, 5) is 122. The number of primary amides is 1. The molecule has 380 valence electrons. The first-order chi connectivity index (χ1) is 32.5. The second-order valence-corrected chi connectivity index (χ2v) is 17.2. The van der Waals surface area contributed by atoms with Gasteiger partial charge in [0, 0.05) is 19.4 Å². The number of carboxylic acids is 1. The third kappa shape index (κ3) is 22.3. The van der Waals surface area contributed by atoms with Crippen molar-refractivity contribution in [3.8, 4) is 5.75 Å². The second-order valence-electron chi connectivity index (χ2n) is 17.2. The molecule has 0 aliphatic rings. The van der Waals surface area contributed by atoms with Crippen molar-refractivity contribution >= 4 is 59.2 Å². The van der Waals surface area contributed by atoms with Crippen molar-refractivity contribution in [1.82, 2.24) is 37.2 Å². The zero-order chi connectivity index (χ0) is 51.8. The number of benzene rings is 2. The number of nitrogens with two attached hydrogens (primary N) is 4. The van der Waals surface area contributed by atoms with Crippen LogP contribution in [0.3, 0.4) is 0 Å². The molecule has 2 aromatic rings. The van der Waals surface area contributed by atoms with Crippen LogP contribution in [-0.2, 0) is 56.0 Å². The average Bonchev–Trinajstić information content (AvgIpc) is 3.27. The lowest BCUT2D eigenvalue weighted by Crippen LogP contribution is -2.61. The van der Waals surface area contributed by atoms with E-state index in [0.717, 1.165) is 0 Å². The van der Waals surface area contributed by atoms with E-state index in [1.54, 1.807) is 44.2 Å². The molecule has 7 atom stereocenters. The average molecular weight is 969 g/mol. The van der Waals surface area contributed by atoms with Crippen molar-refractivity contribution in [2.24, 2.45) is 39.8 Å². The number of aliphatic imine (C=N–C) groups is 1. The maximum atomic E-state index is 14.1. The summed E-state index contributed by atoms with van der Waals surface area (Å²) in [6.07, 6.45) is -0.715.